The van der Waals surface area contributed by atoms with Gasteiger partial charge in [-0.1, -0.05) is 35.6 Å². The quantitative estimate of drug-likeness (QED) is 0.363. The van der Waals surface area contributed by atoms with E-state index in [-0.39, 0.29) is 11.0 Å². The van der Waals surface area contributed by atoms with Gasteiger partial charge in [0.1, 0.15) is 7.85 Å². The number of halogens is 4. The molecule has 146 valence electrons. The molecule has 1 amide bonds. The summed E-state index contributed by atoms with van der Waals surface area (Å²) in [6, 6.07) is 7.94. The third-order valence-corrected chi connectivity index (χ3v) is 4.19. The third-order valence-electron chi connectivity index (χ3n) is 4.19. The van der Waals surface area contributed by atoms with E-state index in [0.29, 0.717) is 0 Å². The SMILES string of the molecule is [B]c1cnc(F)c([C@]2(C#C)C[C@@H](C(F)(F)F)OC(NC(=O)c3ccccc3)=N2)c1. The van der Waals surface area contributed by atoms with Crippen LogP contribution in [0.25, 0.3) is 0 Å². The summed E-state index contributed by atoms with van der Waals surface area (Å²) >= 11 is 0. The fraction of sp³-hybridized carbons (Fsp3) is 0.211. The first-order valence-corrected chi connectivity index (χ1v) is 8.23. The standard InChI is InChI=1S/C19H12BF4N3O2/c1-2-18(13-8-12(20)10-25-15(13)21)9-14(19(22,23)24)29-17(27-18)26-16(28)11-6-4-3-5-7-11/h1,3-8,10,14H,9H2,(H,26,27,28)/t14-,18-/m0/s1. The smallest absolute Gasteiger partial charge is 0.425 e. The van der Waals surface area contributed by atoms with Crippen molar-refractivity contribution in [2.45, 2.75) is 24.2 Å². The summed E-state index contributed by atoms with van der Waals surface area (Å²) in [5.74, 6) is 0.191. The van der Waals surface area contributed by atoms with Crippen molar-refractivity contribution >= 4 is 25.2 Å². The Balaban J connectivity index is 2.06. The van der Waals surface area contributed by atoms with Gasteiger partial charge < -0.3 is 4.74 Å². The Morgan fingerprint density at radius 3 is 2.66 bits per heavy atom. The van der Waals surface area contributed by atoms with Crippen LogP contribution in [0.1, 0.15) is 22.3 Å². The normalized spacial score (nSPS) is 21.5. The summed E-state index contributed by atoms with van der Waals surface area (Å²) in [5.41, 5.74) is -2.43. The van der Waals surface area contributed by atoms with Crippen molar-refractivity contribution < 1.29 is 27.1 Å². The van der Waals surface area contributed by atoms with E-state index in [2.05, 4.69) is 21.2 Å². The van der Waals surface area contributed by atoms with Crippen LogP contribution in [0.2, 0.25) is 0 Å². The van der Waals surface area contributed by atoms with Crippen molar-refractivity contribution in [1.82, 2.24) is 10.3 Å². The zero-order chi connectivity index (χ0) is 21.2. The molecule has 10 heteroatoms. The van der Waals surface area contributed by atoms with Crippen LogP contribution in [0.5, 0.6) is 0 Å². The maximum atomic E-state index is 14.3. The molecule has 3 rings (SSSR count). The summed E-state index contributed by atoms with van der Waals surface area (Å²) in [6.45, 7) is 0. The van der Waals surface area contributed by atoms with E-state index in [1.54, 1.807) is 18.2 Å². The zero-order valence-electron chi connectivity index (χ0n) is 14.7. The van der Waals surface area contributed by atoms with Gasteiger partial charge in [0.25, 0.3) is 11.9 Å². The minimum atomic E-state index is -4.86. The molecule has 0 fully saturated rings. The number of nitrogens with zero attached hydrogens (tertiary/aromatic N) is 2. The molecule has 2 aromatic rings. The molecule has 0 spiro atoms. The second-order valence-corrected chi connectivity index (χ2v) is 6.20. The number of aromatic nitrogens is 1. The molecule has 0 saturated carbocycles. The van der Waals surface area contributed by atoms with Crippen molar-refractivity contribution in [1.29, 1.82) is 0 Å². The average molecular weight is 401 g/mol. The van der Waals surface area contributed by atoms with Gasteiger partial charge in [0.15, 0.2) is 5.54 Å². The van der Waals surface area contributed by atoms with E-state index in [0.717, 1.165) is 12.3 Å². The van der Waals surface area contributed by atoms with Gasteiger partial charge in [0.05, 0.1) is 0 Å². The summed E-state index contributed by atoms with van der Waals surface area (Å²) in [6.07, 6.45) is -1.75. The van der Waals surface area contributed by atoms with Gasteiger partial charge in [0, 0.05) is 23.7 Å². The number of aliphatic imine (C=N–C) groups is 1. The summed E-state index contributed by atoms with van der Waals surface area (Å²) < 4.78 is 59.5. The van der Waals surface area contributed by atoms with Gasteiger partial charge in [-0.2, -0.15) is 17.6 Å². The molecular weight excluding hydrogens is 389 g/mol. The summed E-state index contributed by atoms with van der Waals surface area (Å²) in [4.78, 5) is 19.6. The van der Waals surface area contributed by atoms with Crippen LogP contribution in [0.3, 0.4) is 0 Å². The first kappa shape index (κ1) is 20.4. The number of hydrogen-bond donors (Lipinski definition) is 1. The molecule has 0 saturated heterocycles. The van der Waals surface area contributed by atoms with Gasteiger partial charge in [-0.25, -0.2) is 9.98 Å². The lowest BCUT2D eigenvalue weighted by atomic mass is 9.83. The van der Waals surface area contributed by atoms with Crippen LogP contribution in [0.15, 0.2) is 47.6 Å². The Bertz CT molecular complexity index is 1000. The molecule has 0 unspecified atom stereocenters. The molecule has 1 aliphatic rings. The van der Waals surface area contributed by atoms with Crippen molar-refractivity contribution in [3.63, 3.8) is 0 Å². The van der Waals surface area contributed by atoms with E-state index in [1.807, 2.05) is 0 Å². The lowest BCUT2D eigenvalue weighted by Crippen LogP contribution is -2.49. The zero-order valence-corrected chi connectivity index (χ0v) is 14.7. The Hall–Kier alpha value is -3.35. The minimum Gasteiger partial charge on any atom is -0.452 e. The highest BCUT2D eigenvalue weighted by atomic mass is 19.4. The van der Waals surface area contributed by atoms with E-state index < -0.39 is 47.7 Å². The monoisotopic (exact) mass is 401 g/mol. The molecule has 2 atom stereocenters. The molecule has 1 N–H and O–H groups in total. The number of alkyl halides is 3. The van der Waals surface area contributed by atoms with E-state index in [4.69, 9.17) is 19.0 Å². The van der Waals surface area contributed by atoms with Crippen LogP contribution in [-0.4, -0.2) is 37.0 Å². The first-order valence-electron chi connectivity index (χ1n) is 8.23. The number of amides is 1. The van der Waals surface area contributed by atoms with E-state index >= 15 is 0 Å². The number of hydrogen-bond acceptors (Lipinski definition) is 4. The fourth-order valence-corrected chi connectivity index (χ4v) is 2.78. The van der Waals surface area contributed by atoms with Crippen LogP contribution >= 0.6 is 0 Å². The van der Waals surface area contributed by atoms with Crippen LogP contribution < -0.4 is 10.8 Å². The highest BCUT2D eigenvalue weighted by Crippen LogP contribution is 2.40. The Labute approximate surface area is 164 Å². The molecule has 5 nitrogen and oxygen atoms in total. The van der Waals surface area contributed by atoms with Gasteiger partial charge >= 0.3 is 6.18 Å². The highest BCUT2D eigenvalue weighted by Gasteiger charge is 2.52. The third kappa shape index (κ3) is 4.24. The molecular formula is C19H12BF4N3O2. The van der Waals surface area contributed by atoms with Crippen molar-refractivity contribution in [2.75, 3.05) is 0 Å². The van der Waals surface area contributed by atoms with Gasteiger partial charge in [-0.3, -0.25) is 10.1 Å². The number of terminal acetylenes is 1. The molecule has 1 aliphatic heterocycles. The van der Waals surface area contributed by atoms with E-state index in [1.165, 1.54) is 12.1 Å². The predicted molar refractivity (Wildman–Crippen MR) is 97.0 cm³/mol. The Kier molecular flexibility index (Phi) is 5.33. The number of benzene rings is 1. The number of nitrogens with one attached hydrogen (secondary N) is 1. The second-order valence-electron chi connectivity index (χ2n) is 6.20. The molecule has 1 aromatic heterocycles. The first-order chi connectivity index (χ1) is 13.6. The maximum Gasteiger partial charge on any atom is 0.425 e. The molecule has 0 bridgehead atoms. The lowest BCUT2D eigenvalue weighted by molar-refractivity contribution is -0.207. The minimum absolute atomic E-state index is 0.0175. The van der Waals surface area contributed by atoms with Gasteiger partial charge in [-0.15, -0.1) is 6.42 Å². The highest BCUT2D eigenvalue weighted by molar-refractivity contribution is 6.32. The van der Waals surface area contributed by atoms with Crippen LogP contribution in [0.4, 0.5) is 17.6 Å². The van der Waals surface area contributed by atoms with E-state index in [9.17, 15) is 22.4 Å². The molecule has 1 aromatic carbocycles. The van der Waals surface area contributed by atoms with Crippen molar-refractivity contribution in [3.8, 4) is 12.3 Å². The number of pyridine rings is 1. The second kappa shape index (κ2) is 7.58. The van der Waals surface area contributed by atoms with Crippen LogP contribution in [0, 0.1) is 18.3 Å². The largest absolute Gasteiger partial charge is 0.452 e. The van der Waals surface area contributed by atoms with Gasteiger partial charge in [-0.05, 0) is 12.1 Å². The lowest BCUT2D eigenvalue weighted by Gasteiger charge is -2.35. The Morgan fingerprint density at radius 2 is 2.03 bits per heavy atom. The number of rotatable bonds is 2. The number of carbonyl (C=O) groups is 1. The topological polar surface area (TPSA) is 63.6 Å². The van der Waals surface area contributed by atoms with Gasteiger partial charge in [0.2, 0.25) is 12.1 Å². The fourth-order valence-electron chi connectivity index (χ4n) is 2.78. The number of carbonyl (C=O) groups excluding carboxylic acids is 1. The van der Waals surface area contributed by atoms with Crippen LogP contribution in [-0.2, 0) is 10.3 Å². The number of amidine groups is 1. The summed E-state index contributed by atoms with van der Waals surface area (Å²) in [5, 5.41) is 2.15. The Morgan fingerprint density at radius 1 is 1.34 bits per heavy atom. The molecule has 2 heterocycles. The molecule has 2 radical (unpaired) electrons. The molecule has 0 aliphatic carbocycles. The average Bonchev–Trinajstić information content (AvgIpc) is 2.69. The maximum absolute atomic E-state index is 14.3. The van der Waals surface area contributed by atoms with Crippen molar-refractivity contribution in [3.05, 3.63) is 59.7 Å². The predicted octanol–water partition coefficient (Wildman–Crippen LogP) is 1.98. The number of ether oxygens (including phenoxy) is 1. The summed E-state index contributed by atoms with van der Waals surface area (Å²) in [7, 11) is 5.59. The van der Waals surface area contributed by atoms with Crippen molar-refractivity contribution in [2.24, 2.45) is 4.99 Å². The molecule has 29 heavy (non-hydrogen) atoms.